The van der Waals surface area contributed by atoms with E-state index in [1.54, 1.807) is 83.2 Å². The van der Waals surface area contributed by atoms with Crippen LogP contribution in [0.2, 0.25) is 0 Å². The minimum Gasteiger partial charge on any atom is -0.429 e. The van der Waals surface area contributed by atoms with Crippen LogP contribution in [0, 0.1) is 11.8 Å². The van der Waals surface area contributed by atoms with Gasteiger partial charge in [-0.15, -0.1) is 22.7 Å². The van der Waals surface area contributed by atoms with E-state index in [4.69, 9.17) is 4.74 Å². The van der Waals surface area contributed by atoms with Crippen LogP contribution in [0.1, 0.15) is 64.4 Å². The fraction of sp³-hybridized carbons (Fsp3) is 0.346. The van der Waals surface area contributed by atoms with Crippen molar-refractivity contribution in [1.29, 1.82) is 0 Å². The van der Waals surface area contributed by atoms with Crippen molar-refractivity contribution in [2.24, 2.45) is 11.8 Å². The third-order valence-corrected chi connectivity index (χ3v) is 12.3. The average molecular weight is 933 g/mol. The van der Waals surface area contributed by atoms with Crippen LogP contribution in [-0.2, 0) is 27.5 Å². The first-order valence-electron chi connectivity index (χ1n) is 22.3. The van der Waals surface area contributed by atoms with Crippen molar-refractivity contribution in [3.05, 3.63) is 132 Å². The number of rotatable bonds is 20. The largest absolute Gasteiger partial charge is 0.429 e. The number of nitrogens with zero attached hydrogens (tertiary/aromatic N) is 4. The number of likely N-dealkylation sites (N-methyl/N-ethyl adjacent to an activating group) is 1. The van der Waals surface area contributed by atoms with E-state index in [0.29, 0.717) is 37.0 Å². The van der Waals surface area contributed by atoms with Gasteiger partial charge in [0.2, 0.25) is 5.91 Å². The molecule has 0 aliphatic carbocycles. The standard InChI is InChI=1S/C39H45N5O3S2.C7H6O2.C6H13NO/c1-6-21-43(5)25-35-40-23-33(48-35)30-17-13-28(14-18-30)29-15-19-31(20-16-29)34-24-41-36(49-34)26-44(22-7-2)38(45)37(27(3)4)42-39(46)47-32-11-9-8-10-12-32;8-6-9-7-4-2-1-3-5-7;1-5(2)6(4-8)7-3/h8-20,23-24,27,37H,6-7,21-22,25-26H2,1-5H3,(H,42,46);1-6H;4-7H,1-3H3/t37-;;/m0../s1. The van der Waals surface area contributed by atoms with Crippen LogP contribution in [0.3, 0.4) is 0 Å². The summed E-state index contributed by atoms with van der Waals surface area (Å²) in [6.07, 6.45) is 6.06. The normalized spacial score (nSPS) is 11.7. The summed E-state index contributed by atoms with van der Waals surface area (Å²) in [5.74, 6) is 1.13. The second-order valence-electron chi connectivity index (χ2n) is 16.2. The fourth-order valence-electron chi connectivity index (χ4n) is 6.65. The monoisotopic (exact) mass is 932 g/mol. The molecular weight excluding hydrogens is 869 g/mol. The number of carbonyl (C=O) groups excluding carboxylic acids is 4. The van der Waals surface area contributed by atoms with Gasteiger partial charge in [0.05, 0.1) is 28.9 Å². The molecule has 0 spiro atoms. The predicted octanol–water partition coefficient (Wildman–Crippen LogP) is 10.6. The van der Waals surface area contributed by atoms with E-state index in [0.717, 1.165) is 63.8 Å². The predicted molar refractivity (Wildman–Crippen MR) is 268 cm³/mol. The van der Waals surface area contributed by atoms with E-state index < -0.39 is 12.1 Å². The smallest absolute Gasteiger partial charge is 0.413 e. The highest BCUT2D eigenvalue weighted by Crippen LogP contribution is 2.32. The van der Waals surface area contributed by atoms with Gasteiger partial charge in [0.15, 0.2) is 0 Å². The Hall–Kier alpha value is -6.06. The Balaban J connectivity index is 0.000000469. The summed E-state index contributed by atoms with van der Waals surface area (Å²) in [4.78, 5) is 61.8. The molecule has 1 unspecified atom stereocenters. The van der Waals surface area contributed by atoms with Gasteiger partial charge >= 0.3 is 6.09 Å². The summed E-state index contributed by atoms with van der Waals surface area (Å²) >= 11 is 3.33. The molecule has 2 aromatic heterocycles. The van der Waals surface area contributed by atoms with Crippen molar-refractivity contribution in [3.63, 3.8) is 0 Å². The number of hydrogen-bond donors (Lipinski definition) is 2. The summed E-state index contributed by atoms with van der Waals surface area (Å²) in [7, 11) is 3.93. The maximum absolute atomic E-state index is 13.7. The van der Waals surface area contributed by atoms with Gasteiger partial charge in [0.1, 0.15) is 33.8 Å². The van der Waals surface area contributed by atoms with Gasteiger partial charge in [-0.2, -0.15) is 0 Å². The third-order valence-electron chi connectivity index (χ3n) is 10.2. The van der Waals surface area contributed by atoms with E-state index in [2.05, 4.69) is 92.7 Å². The first kappa shape index (κ1) is 52.6. The van der Waals surface area contributed by atoms with Crippen molar-refractivity contribution in [3.8, 4) is 43.5 Å². The van der Waals surface area contributed by atoms with E-state index in [1.165, 1.54) is 10.4 Å². The van der Waals surface area contributed by atoms with Crippen LogP contribution in [-0.4, -0.2) is 83.8 Å². The summed E-state index contributed by atoms with van der Waals surface area (Å²) in [5, 5.41) is 7.65. The van der Waals surface area contributed by atoms with Crippen molar-refractivity contribution in [1.82, 2.24) is 30.4 Å². The number of thiazole rings is 2. The Bertz CT molecular complexity index is 2340. The highest BCUT2D eigenvalue weighted by molar-refractivity contribution is 7.15. The molecule has 2 atom stereocenters. The molecule has 0 radical (unpaired) electrons. The topological polar surface area (TPSA) is 143 Å². The van der Waals surface area contributed by atoms with Crippen molar-refractivity contribution in [2.75, 3.05) is 27.2 Å². The zero-order valence-electron chi connectivity index (χ0n) is 39.3. The van der Waals surface area contributed by atoms with Crippen LogP contribution < -0.4 is 20.1 Å². The van der Waals surface area contributed by atoms with Crippen LogP contribution in [0.4, 0.5) is 4.79 Å². The summed E-state index contributed by atoms with van der Waals surface area (Å²) in [5.41, 5.74) is 4.55. The SMILES string of the molecule is CCCN(C)Cc1ncc(-c2ccc(-c3ccc(-c4cnc(CN(CCC)C(=O)[C@@H](NC(=O)Oc5ccccc5)C(C)C)s4)cc3)cc2)s1.CNC(C=O)C(C)C.O=COc1ccccc1. The second-order valence-corrected chi connectivity index (χ2v) is 18.4. The molecule has 0 fully saturated rings. The molecule has 6 aromatic rings. The molecule has 0 aliphatic heterocycles. The number of aromatic nitrogens is 2. The van der Waals surface area contributed by atoms with E-state index >= 15 is 0 Å². The summed E-state index contributed by atoms with van der Waals surface area (Å²) in [6, 6.07) is 34.2. The zero-order valence-corrected chi connectivity index (χ0v) is 40.9. The highest BCUT2D eigenvalue weighted by atomic mass is 32.1. The number of nitrogens with one attached hydrogen (secondary N) is 2. The maximum Gasteiger partial charge on any atom is 0.413 e. The second kappa shape index (κ2) is 28.1. The van der Waals surface area contributed by atoms with E-state index in [9.17, 15) is 19.2 Å². The van der Waals surface area contributed by atoms with Crippen LogP contribution in [0.5, 0.6) is 11.5 Å². The number of ether oxygens (including phenoxy) is 2. The van der Waals surface area contributed by atoms with E-state index in [-0.39, 0.29) is 17.9 Å². The first-order valence-corrected chi connectivity index (χ1v) is 23.9. The number of benzene rings is 4. The van der Waals surface area contributed by atoms with Crippen molar-refractivity contribution in [2.45, 2.75) is 79.6 Å². The number of aldehydes is 1. The Morgan fingerprint density at radius 2 is 1.15 bits per heavy atom. The Labute approximate surface area is 398 Å². The highest BCUT2D eigenvalue weighted by Gasteiger charge is 2.30. The minimum absolute atomic E-state index is 0.0231. The first-order chi connectivity index (χ1) is 31.9. The number of carbonyl (C=O) groups is 4. The molecule has 66 heavy (non-hydrogen) atoms. The average Bonchev–Trinajstić information content (AvgIpc) is 4.00. The Morgan fingerprint density at radius 3 is 1.58 bits per heavy atom. The van der Waals surface area contributed by atoms with Gasteiger partial charge in [-0.1, -0.05) is 126 Å². The van der Waals surface area contributed by atoms with Gasteiger partial charge in [-0.05, 0) is 91.8 Å². The lowest BCUT2D eigenvalue weighted by Gasteiger charge is -2.29. The summed E-state index contributed by atoms with van der Waals surface area (Å²) < 4.78 is 9.92. The molecule has 2 amide bonds. The fourth-order valence-corrected chi connectivity index (χ4v) is 8.60. The third kappa shape index (κ3) is 17.1. The lowest BCUT2D eigenvalue weighted by molar-refractivity contribution is -0.135. The van der Waals surface area contributed by atoms with Crippen molar-refractivity contribution < 1.29 is 28.7 Å². The van der Waals surface area contributed by atoms with Gasteiger partial charge in [-0.25, -0.2) is 14.8 Å². The molecular formula is C52H64N6O6S2. The van der Waals surface area contributed by atoms with Crippen LogP contribution >= 0.6 is 22.7 Å². The van der Waals surface area contributed by atoms with E-state index in [1.807, 2.05) is 59.1 Å². The summed E-state index contributed by atoms with van der Waals surface area (Å²) in [6.45, 7) is 15.4. The van der Waals surface area contributed by atoms with Crippen LogP contribution in [0.25, 0.3) is 32.0 Å². The molecule has 6 rings (SSSR count). The molecule has 4 aromatic carbocycles. The molecule has 2 N–H and O–H groups in total. The molecule has 0 aliphatic rings. The minimum atomic E-state index is -0.721. The van der Waals surface area contributed by atoms with Crippen LogP contribution in [0.15, 0.2) is 122 Å². The lowest BCUT2D eigenvalue weighted by atomic mass is 10.0. The number of hydrogen-bond acceptors (Lipinski definition) is 12. The van der Waals surface area contributed by atoms with Gasteiger partial charge in [0, 0.05) is 18.9 Å². The Kier molecular flexibility index (Phi) is 22.4. The molecule has 0 saturated carbocycles. The molecule has 2 heterocycles. The molecule has 0 bridgehead atoms. The van der Waals surface area contributed by atoms with Gasteiger partial charge in [-0.3, -0.25) is 14.5 Å². The number of amides is 2. The maximum atomic E-state index is 13.7. The molecule has 12 nitrogen and oxygen atoms in total. The molecule has 14 heteroatoms. The van der Waals surface area contributed by atoms with Gasteiger partial charge in [0.25, 0.3) is 6.47 Å². The molecule has 350 valence electrons. The van der Waals surface area contributed by atoms with Crippen molar-refractivity contribution >= 4 is 47.4 Å². The molecule has 0 saturated heterocycles. The Morgan fingerprint density at radius 1 is 0.667 bits per heavy atom. The lowest BCUT2D eigenvalue weighted by Crippen LogP contribution is -2.51. The number of para-hydroxylation sites is 2. The van der Waals surface area contributed by atoms with Gasteiger partial charge < -0.3 is 29.8 Å². The zero-order chi connectivity index (χ0) is 47.8. The quantitative estimate of drug-likeness (QED) is 0.0710.